The maximum atomic E-state index is 9.31. The van der Waals surface area contributed by atoms with Crippen molar-refractivity contribution in [3.8, 4) is 6.07 Å². The van der Waals surface area contributed by atoms with Crippen LogP contribution in [0.5, 0.6) is 0 Å². The molecule has 17 heavy (non-hydrogen) atoms. The molecule has 3 heteroatoms. The van der Waals surface area contributed by atoms with E-state index in [1.165, 1.54) is 25.9 Å². The topological polar surface area (TPSA) is 39.1 Å². The predicted molar refractivity (Wildman–Crippen MR) is 69.6 cm³/mol. The molecule has 0 aromatic heterocycles. The number of likely N-dealkylation sites (tertiary alicyclic amines) is 1. The third-order valence-electron chi connectivity index (χ3n) is 4.34. The lowest BCUT2D eigenvalue weighted by atomic mass is 9.99. The van der Waals surface area contributed by atoms with Crippen LogP contribution < -0.4 is 5.32 Å². The van der Waals surface area contributed by atoms with Gasteiger partial charge in [-0.15, -0.1) is 0 Å². The summed E-state index contributed by atoms with van der Waals surface area (Å²) < 4.78 is 0. The van der Waals surface area contributed by atoms with Gasteiger partial charge in [-0.05, 0) is 38.0 Å². The van der Waals surface area contributed by atoms with Crippen molar-refractivity contribution in [1.29, 1.82) is 5.26 Å². The van der Waals surface area contributed by atoms with E-state index in [4.69, 9.17) is 0 Å². The Morgan fingerprint density at radius 2 is 1.88 bits per heavy atom. The average Bonchev–Trinajstić information content (AvgIpc) is 3.03. The molecule has 0 spiro atoms. The molecule has 2 fully saturated rings. The second kappa shape index (κ2) is 4.96. The first-order valence-corrected chi connectivity index (χ1v) is 6.94. The number of rotatable bonds is 5. The van der Waals surface area contributed by atoms with E-state index in [1.807, 2.05) is 6.92 Å². The maximum Gasteiger partial charge on any atom is 0.105 e. The standard InChI is InChI=1S/C14H25N3/c1-11-8-17(9-12(11)2)7-6-14(3,10-15)16-13-4-5-13/h11-13,16H,4-9H2,1-3H3. The number of hydrogen-bond acceptors (Lipinski definition) is 3. The van der Waals surface area contributed by atoms with Crippen molar-refractivity contribution in [2.75, 3.05) is 19.6 Å². The van der Waals surface area contributed by atoms with Crippen LogP contribution in [0.4, 0.5) is 0 Å². The van der Waals surface area contributed by atoms with Gasteiger partial charge in [0.1, 0.15) is 5.54 Å². The Kier molecular flexibility index (Phi) is 3.75. The molecule has 1 heterocycles. The quantitative estimate of drug-likeness (QED) is 0.792. The molecule has 0 radical (unpaired) electrons. The van der Waals surface area contributed by atoms with Gasteiger partial charge in [0.2, 0.25) is 0 Å². The van der Waals surface area contributed by atoms with E-state index < -0.39 is 0 Å². The van der Waals surface area contributed by atoms with Crippen LogP contribution in [0.3, 0.4) is 0 Å². The van der Waals surface area contributed by atoms with E-state index in [0.717, 1.165) is 24.8 Å². The molecule has 0 aromatic rings. The number of nitrogens with zero attached hydrogens (tertiary/aromatic N) is 2. The van der Waals surface area contributed by atoms with Gasteiger partial charge in [0.05, 0.1) is 6.07 Å². The van der Waals surface area contributed by atoms with Gasteiger partial charge in [-0.3, -0.25) is 5.32 Å². The highest BCUT2D eigenvalue weighted by atomic mass is 15.2. The molecule has 2 aliphatic rings. The molecule has 3 atom stereocenters. The SMILES string of the molecule is CC1CN(CCC(C)(C#N)NC2CC2)CC1C. The minimum absolute atomic E-state index is 0.323. The van der Waals surface area contributed by atoms with Crippen LogP contribution in [0.25, 0.3) is 0 Å². The van der Waals surface area contributed by atoms with Crippen LogP contribution in [0.15, 0.2) is 0 Å². The molecule has 0 bridgehead atoms. The van der Waals surface area contributed by atoms with E-state index in [2.05, 4.69) is 30.1 Å². The Labute approximate surface area is 105 Å². The lowest BCUT2D eigenvalue weighted by Crippen LogP contribution is -2.44. The first-order valence-electron chi connectivity index (χ1n) is 6.94. The van der Waals surface area contributed by atoms with E-state index >= 15 is 0 Å². The molecular weight excluding hydrogens is 210 g/mol. The highest BCUT2D eigenvalue weighted by Crippen LogP contribution is 2.26. The van der Waals surface area contributed by atoms with Gasteiger partial charge in [0.15, 0.2) is 0 Å². The molecule has 3 nitrogen and oxygen atoms in total. The molecule has 3 unspecified atom stereocenters. The Hall–Kier alpha value is -0.590. The molecule has 1 saturated heterocycles. The number of nitriles is 1. The van der Waals surface area contributed by atoms with Crippen molar-refractivity contribution in [2.24, 2.45) is 11.8 Å². The lowest BCUT2D eigenvalue weighted by molar-refractivity contribution is 0.279. The molecule has 1 saturated carbocycles. The fourth-order valence-corrected chi connectivity index (χ4v) is 2.65. The summed E-state index contributed by atoms with van der Waals surface area (Å²) in [5, 5.41) is 12.8. The minimum atomic E-state index is -0.323. The van der Waals surface area contributed by atoms with Crippen molar-refractivity contribution in [3.05, 3.63) is 0 Å². The smallest absolute Gasteiger partial charge is 0.105 e. The van der Waals surface area contributed by atoms with Gasteiger partial charge in [-0.25, -0.2) is 0 Å². The van der Waals surface area contributed by atoms with Crippen LogP contribution in [-0.2, 0) is 0 Å². The monoisotopic (exact) mass is 235 g/mol. The average molecular weight is 235 g/mol. The molecule has 1 aliphatic heterocycles. The van der Waals surface area contributed by atoms with E-state index in [-0.39, 0.29) is 5.54 Å². The molecule has 0 aromatic carbocycles. The molecule has 96 valence electrons. The third-order valence-corrected chi connectivity index (χ3v) is 4.34. The van der Waals surface area contributed by atoms with Crippen molar-refractivity contribution in [1.82, 2.24) is 10.2 Å². The van der Waals surface area contributed by atoms with Crippen molar-refractivity contribution in [2.45, 2.75) is 51.6 Å². The second-order valence-corrected chi connectivity index (χ2v) is 6.33. The molecule has 0 amide bonds. The van der Waals surface area contributed by atoms with Gasteiger partial charge in [-0.2, -0.15) is 5.26 Å². The summed E-state index contributed by atoms with van der Waals surface area (Å²) >= 11 is 0. The summed E-state index contributed by atoms with van der Waals surface area (Å²) in [5.74, 6) is 1.61. The normalized spacial score (nSPS) is 33.3. The van der Waals surface area contributed by atoms with Gasteiger partial charge in [-0.1, -0.05) is 13.8 Å². The summed E-state index contributed by atoms with van der Waals surface area (Å²) in [6, 6.07) is 3.07. The second-order valence-electron chi connectivity index (χ2n) is 6.33. The van der Waals surface area contributed by atoms with Crippen LogP contribution in [0.2, 0.25) is 0 Å². The summed E-state index contributed by atoms with van der Waals surface area (Å²) in [6.07, 6.45) is 3.43. The Balaban J connectivity index is 1.78. The van der Waals surface area contributed by atoms with Crippen molar-refractivity contribution < 1.29 is 0 Å². The van der Waals surface area contributed by atoms with Gasteiger partial charge >= 0.3 is 0 Å². The van der Waals surface area contributed by atoms with Gasteiger partial charge in [0, 0.05) is 25.7 Å². The zero-order chi connectivity index (χ0) is 12.5. The first kappa shape index (κ1) is 12.9. The van der Waals surface area contributed by atoms with E-state index in [9.17, 15) is 5.26 Å². The third kappa shape index (κ3) is 3.43. The van der Waals surface area contributed by atoms with E-state index in [1.54, 1.807) is 0 Å². The maximum absolute atomic E-state index is 9.31. The highest BCUT2D eigenvalue weighted by Gasteiger charge is 2.34. The molecular formula is C14H25N3. The van der Waals surface area contributed by atoms with Crippen LogP contribution in [0.1, 0.15) is 40.0 Å². The fourth-order valence-electron chi connectivity index (χ4n) is 2.65. The van der Waals surface area contributed by atoms with Crippen molar-refractivity contribution in [3.63, 3.8) is 0 Å². The minimum Gasteiger partial charge on any atom is -0.303 e. The Morgan fingerprint density at radius 3 is 2.35 bits per heavy atom. The number of hydrogen-bond donors (Lipinski definition) is 1. The zero-order valence-electron chi connectivity index (χ0n) is 11.4. The summed E-state index contributed by atoms with van der Waals surface area (Å²) in [7, 11) is 0. The zero-order valence-corrected chi connectivity index (χ0v) is 11.4. The Bertz CT molecular complexity index is 295. The summed E-state index contributed by atoms with van der Waals surface area (Å²) in [5.41, 5.74) is -0.323. The molecule has 1 aliphatic carbocycles. The largest absolute Gasteiger partial charge is 0.303 e. The van der Waals surface area contributed by atoms with Gasteiger partial charge in [0.25, 0.3) is 0 Å². The van der Waals surface area contributed by atoms with E-state index in [0.29, 0.717) is 6.04 Å². The van der Waals surface area contributed by atoms with Crippen LogP contribution in [0, 0.1) is 23.2 Å². The predicted octanol–water partition coefficient (Wildman–Crippen LogP) is 2.00. The van der Waals surface area contributed by atoms with Crippen molar-refractivity contribution >= 4 is 0 Å². The summed E-state index contributed by atoms with van der Waals surface area (Å²) in [4.78, 5) is 2.51. The summed E-state index contributed by atoms with van der Waals surface area (Å²) in [6.45, 7) is 10.2. The molecule has 2 rings (SSSR count). The first-order chi connectivity index (χ1) is 8.02. The number of nitrogens with one attached hydrogen (secondary N) is 1. The fraction of sp³-hybridized carbons (Fsp3) is 0.929. The Morgan fingerprint density at radius 1 is 1.29 bits per heavy atom. The lowest BCUT2D eigenvalue weighted by Gasteiger charge is -2.26. The highest BCUT2D eigenvalue weighted by molar-refractivity contribution is 5.07. The van der Waals surface area contributed by atoms with Crippen LogP contribution in [-0.4, -0.2) is 36.1 Å². The van der Waals surface area contributed by atoms with Gasteiger partial charge < -0.3 is 4.90 Å². The van der Waals surface area contributed by atoms with Crippen LogP contribution >= 0.6 is 0 Å². The molecule has 1 N–H and O–H groups in total.